The van der Waals surface area contributed by atoms with Gasteiger partial charge in [-0.15, -0.1) is 0 Å². The first-order chi connectivity index (χ1) is 11.7. The molecule has 0 aromatic heterocycles. The molecule has 0 radical (unpaired) electrons. The predicted octanol–water partition coefficient (Wildman–Crippen LogP) is 3.17. The van der Waals surface area contributed by atoms with E-state index in [0.717, 1.165) is 5.56 Å². The van der Waals surface area contributed by atoms with Crippen molar-refractivity contribution in [3.05, 3.63) is 71.8 Å². The molecule has 2 rings (SSSR count). The molecule has 25 heavy (non-hydrogen) atoms. The van der Waals surface area contributed by atoms with Crippen LogP contribution in [0.5, 0.6) is 5.75 Å². The number of Topliss-reactive ketones (excluding diaryl/α,β-unsaturated/α-hetero) is 1. The quantitative estimate of drug-likeness (QED) is 0.771. The molecule has 0 heterocycles. The van der Waals surface area contributed by atoms with Crippen LogP contribution in [0.25, 0.3) is 0 Å². The van der Waals surface area contributed by atoms with Gasteiger partial charge in [0, 0.05) is 5.57 Å². The fraction of sp³-hybridized carbons (Fsp3) is 0.211. The molecule has 0 saturated heterocycles. The SMILES string of the molecule is C=C(C(C)=O)[C@H](NS(=O)(=O)c1ccc(C)cc1)c1ccc(OC)cc1. The second-order valence-corrected chi connectivity index (χ2v) is 7.44. The number of carbonyl (C=O) groups is 1. The Hall–Kier alpha value is -2.44. The molecule has 0 amide bonds. The molecule has 1 N–H and O–H groups in total. The van der Waals surface area contributed by atoms with E-state index in [1.807, 2.05) is 6.92 Å². The van der Waals surface area contributed by atoms with Crippen molar-refractivity contribution in [2.75, 3.05) is 7.11 Å². The van der Waals surface area contributed by atoms with Gasteiger partial charge in [0.2, 0.25) is 10.0 Å². The first-order valence-electron chi connectivity index (χ1n) is 7.67. The van der Waals surface area contributed by atoms with Gasteiger partial charge in [-0.1, -0.05) is 36.4 Å². The van der Waals surface area contributed by atoms with Gasteiger partial charge in [0.05, 0.1) is 18.0 Å². The van der Waals surface area contributed by atoms with Crippen LogP contribution >= 0.6 is 0 Å². The topological polar surface area (TPSA) is 72.5 Å². The first kappa shape index (κ1) is 18.9. The van der Waals surface area contributed by atoms with Gasteiger partial charge in [0.1, 0.15) is 5.75 Å². The van der Waals surface area contributed by atoms with Crippen LogP contribution in [0.2, 0.25) is 0 Å². The summed E-state index contributed by atoms with van der Waals surface area (Å²) in [5.41, 5.74) is 1.73. The van der Waals surface area contributed by atoms with Gasteiger partial charge in [0.25, 0.3) is 0 Å². The number of ketones is 1. The Kier molecular flexibility index (Phi) is 5.77. The maximum Gasteiger partial charge on any atom is 0.241 e. The van der Waals surface area contributed by atoms with Crippen molar-refractivity contribution in [1.82, 2.24) is 4.72 Å². The zero-order valence-electron chi connectivity index (χ0n) is 14.4. The number of nitrogens with one attached hydrogen (secondary N) is 1. The van der Waals surface area contributed by atoms with Gasteiger partial charge in [-0.3, -0.25) is 4.79 Å². The largest absolute Gasteiger partial charge is 0.497 e. The lowest BCUT2D eigenvalue weighted by Crippen LogP contribution is -2.31. The number of rotatable bonds is 7. The molecular weight excluding hydrogens is 338 g/mol. The molecule has 5 nitrogen and oxygen atoms in total. The van der Waals surface area contributed by atoms with Gasteiger partial charge < -0.3 is 4.74 Å². The molecule has 6 heteroatoms. The minimum Gasteiger partial charge on any atom is -0.497 e. The number of carbonyl (C=O) groups excluding carboxylic acids is 1. The molecule has 132 valence electrons. The Bertz CT molecular complexity index is 869. The Labute approximate surface area is 148 Å². The summed E-state index contributed by atoms with van der Waals surface area (Å²) in [7, 11) is -2.27. The van der Waals surface area contributed by atoms with Crippen LogP contribution in [-0.2, 0) is 14.8 Å². The van der Waals surface area contributed by atoms with E-state index in [-0.39, 0.29) is 16.3 Å². The predicted molar refractivity (Wildman–Crippen MR) is 97.1 cm³/mol. The van der Waals surface area contributed by atoms with Crippen molar-refractivity contribution in [3.8, 4) is 5.75 Å². The standard InChI is InChI=1S/C19H21NO4S/c1-13-5-11-18(12-6-13)25(22,23)20-19(14(2)15(3)21)16-7-9-17(24-4)10-8-16/h5-12,19-20H,2H2,1,3-4H3/t19-/m0/s1. The van der Waals surface area contributed by atoms with E-state index >= 15 is 0 Å². The number of benzene rings is 2. The average molecular weight is 359 g/mol. The summed E-state index contributed by atoms with van der Waals surface area (Å²) >= 11 is 0. The number of aryl methyl sites for hydroxylation is 1. The molecule has 1 atom stereocenters. The maximum atomic E-state index is 12.7. The minimum atomic E-state index is -3.81. The second-order valence-electron chi connectivity index (χ2n) is 5.72. The highest BCUT2D eigenvalue weighted by Crippen LogP contribution is 2.26. The monoisotopic (exact) mass is 359 g/mol. The van der Waals surface area contributed by atoms with Gasteiger partial charge in [0.15, 0.2) is 5.78 Å². The van der Waals surface area contributed by atoms with E-state index in [1.165, 1.54) is 19.1 Å². The van der Waals surface area contributed by atoms with Crippen molar-refractivity contribution in [3.63, 3.8) is 0 Å². The second kappa shape index (κ2) is 7.63. The smallest absolute Gasteiger partial charge is 0.241 e. The number of hydrogen-bond donors (Lipinski definition) is 1. The van der Waals surface area contributed by atoms with Crippen molar-refractivity contribution in [1.29, 1.82) is 0 Å². The van der Waals surface area contributed by atoms with Gasteiger partial charge >= 0.3 is 0 Å². The van der Waals surface area contributed by atoms with Gasteiger partial charge in [-0.25, -0.2) is 8.42 Å². The summed E-state index contributed by atoms with van der Waals surface area (Å²) in [5, 5.41) is 0. The van der Waals surface area contributed by atoms with Crippen LogP contribution in [-0.4, -0.2) is 21.3 Å². The molecule has 0 bridgehead atoms. The van der Waals surface area contributed by atoms with Crippen LogP contribution in [0.15, 0.2) is 65.6 Å². The summed E-state index contributed by atoms with van der Waals surface area (Å²) in [6.45, 7) is 6.99. The molecule has 0 unspecified atom stereocenters. The third-order valence-corrected chi connectivity index (χ3v) is 5.29. The van der Waals surface area contributed by atoms with E-state index in [2.05, 4.69) is 11.3 Å². The molecule has 0 aliphatic carbocycles. The Morgan fingerprint density at radius 1 is 1.08 bits per heavy atom. The number of sulfonamides is 1. The fourth-order valence-electron chi connectivity index (χ4n) is 2.28. The summed E-state index contributed by atoms with van der Waals surface area (Å²) in [4.78, 5) is 11.9. The lowest BCUT2D eigenvalue weighted by atomic mass is 9.98. The Morgan fingerprint density at radius 3 is 2.12 bits per heavy atom. The molecule has 0 aliphatic rings. The van der Waals surface area contributed by atoms with Crippen molar-refractivity contribution in [2.45, 2.75) is 24.8 Å². The number of ether oxygens (including phenoxy) is 1. The number of methoxy groups -OCH3 is 1. The van der Waals surface area contributed by atoms with Crippen LogP contribution in [0.4, 0.5) is 0 Å². The normalized spacial score (nSPS) is 12.4. The molecular formula is C19H21NO4S. The minimum absolute atomic E-state index is 0.132. The van der Waals surface area contributed by atoms with E-state index in [0.29, 0.717) is 11.3 Å². The maximum absolute atomic E-state index is 12.7. The molecule has 2 aromatic rings. The zero-order valence-corrected chi connectivity index (χ0v) is 15.3. The van der Waals surface area contributed by atoms with Crippen molar-refractivity contribution < 1.29 is 17.9 Å². The third kappa shape index (κ3) is 4.55. The van der Waals surface area contributed by atoms with E-state index < -0.39 is 16.1 Å². The van der Waals surface area contributed by atoms with Crippen molar-refractivity contribution >= 4 is 15.8 Å². The highest BCUT2D eigenvalue weighted by Gasteiger charge is 2.25. The van der Waals surface area contributed by atoms with Gasteiger partial charge in [-0.2, -0.15) is 4.72 Å². The molecule has 2 aromatic carbocycles. The van der Waals surface area contributed by atoms with E-state index in [9.17, 15) is 13.2 Å². The van der Waals surface area contributed by atoms with Crippen molar-refractivity contribution in [2.24, 2.45) is 0 Å². The lowest BCUT2D eigenvalue weighted by molar-refractivity contribution is -0.113. The molecule has 0 aliphatic heterocycles. The highest BCUT2D eigenvalue weighted by atomic mass is 32.2. The lowest BCUT2D eigenvalue weighted by Gasteiger charge is -2.20. The summed E-state index contributed by atoms with van der Waals surface area (Å²) < 4.78 is 33.1. The summed E-state index contributed by atoms with van der Waals surface area (Å²) in [6, 6.07) is 12.5. The average Bonchev–Trinajstić information content (AvgIpc) is 2.59. The molecule has 0 saturated carbocycles. The summed E-state index contributed by atoms with van der Waals surface area (Å²) in [6.07, 6.45) is 0. The van der Waals surface area contributed by atoms with E-state index in [1.54, 1.807) is 43.5 Å². The summed E-state index contributed by atoms with van der Waals surface area (Å²) in [5.74, 6) is 0.352. The molecule has 0 spiro atoms. The van der Waals surface area contributed by atoms with E-state index in [4.69, 9.17) is 4.74 Å². The van der Waals surface area contributed by atoms with Crippen LogP contribution in [0.1, 0.15) is 24.1 Å². The molecule has 0 fully saturated rings. The highest BCUT2D eigenvalue weighted by molar-refractivity contribution is 7.89. The Morgan fingerprint density at radius 2 is 1.64 bits per heavy atom. The zero-order chi connectivity index (χ0) is 18.6. The number of hydrogen-bond acceptors (Lipinski definition) is 4. The van der Waals surface area contributed by atoms with Gasteiger partial charge in [-0.05, 0) is 43.7 Å². The van der Waals surface area contributed by atoms with Crippen LogP contribution < -0.4 is 9.46 Å². The van der Waals surface area contributed by atoms with Crippen LogP contribution in [0, 0.1) is 6.92 Å². The fourth-order valence-corrected chi connectivity index (χ4v) is 3.50. The first-order valence-corrected chi connectivity index (χ1v) is 9.15. The van der Waals surface area contributed by atoms with Crippen LogP contribution in [0.3, 0.4) is 0 Å². The Balaban J connectivity index is 2.40. The third-order valence-electron chi connectivity index (χ3n) is 3.85.